The van der Waals surface area contributed by atoms with E-state index in [9.17, 15) is 9.59 Å². The maximum atomic E-state index is 11.8. The Morgan fingerprint density at radius 3 is 1.43 bits per heavy atom. The molecule has 2 aromatic rings. The van der Waals surface area contributed by atoms with Gasteiger partial charge in [0, 0.05) is 36.2 Å². The predicted octanol–water partition coefficient (Wildman–Crippen LogP) is 2.89. The maximum Gasteiger partial charge on any atom is 0.309 e. The highest BCUT2D eigenvalue weighted by Crippen LogP contribution is 2.14. The lowest BCUT2D eigenvalue weighted by atomic mass is 10.2. The van der Waals surface area contributed by atoms with E-state index in [0.29, 0.717) is 39.3 Å². The molecular weight excluding hydrogens is 423 g/mol. The Morgan fingerprint density at radius 1 is 0.633 bits per heavy atom. The van der Waals surface area contributed by atoms with Crippen LogP contribution in [-0.2, 0) is 22.7 Å². The van der Waals surface area contributed by atoms with E-state index in [1.807, 2.05) is 48.5 Å². The second kappa shape index (κ2) is 14.0. The molecule has 0 heterocycles. The minimum absolute atomic E-state index is 0.432. The number of halogens is 2. The average molecular weight is 451 g/mol. The van der Waals surface area contributed by atoms with Gasteiger partial charge in [-0.2, -0.15) is 0 Å². The topological polar surface area (TPSA) is 82.3 Å². The number of rotatable bonds is 12. The zero-order chi connectivity index (χ0) is 21.6. The Balaban J connectivity index is 1.46. The Labute approximate surface area is 187 Å². The van der Waals surface area contributed by atoms with Gasteiger partial charge in [-0.3, -0.25) is 9.59 Å². The molecule has 2 aromatic carbocycles. The van der Waals surface area contributed by atoms with E-state index in [1.54, 1.807) is 0 Å². The summed E-state index contributed by atoms with van der Waals surface area (Å²) in [6.45, 7) is 3.62. The molecular formula is C22H28Cl2N4O2. The normalized spacial score (nSPS) is 10.6. The number of hydrogen-bond acceptors (Lipinski definition) is 4. The van der Waals surface area contributed by atoms with Crippen LogP contribution in [0.3, 0.4) is 0 Å². The van der Waals surface area contributed by atoms with Gasteiger partial charge in [0.05, 0.1) is 0 Å². The van der Waals surface area contributed by atoms with Gasteiger partial charge in [0.1, 0.15) is 0 Å². The van der Waals surface area contributed by atoms with Crippen LogP contribution in [0.15, 0.2) is 48.5 Å². The van der Waals surface area contributed by atoms with E-state index in [2.05, 4.69) is 21.3 Å². The third-order valence-electron chi connectivity index (χ3n) is 4.38. The first-order valence-corrected chi connectivity index (χ1v) is 10.8. The van der Waals surface area contributed by atoms with Crippen molar-refractivity contribution in [1.29, 1.82) is 0 Å². The molecule has 0 unspecified atom stereocenters. The fraction of sp³-hybridized carbons (Fsp3) is 0.364. The van der Waals surface area contributed by atoms with E-state index in [0.717, 1.165) is 34.0 Å². The highest BCUT2D eigenvalue weighted by molar-refractivity contribution is 6.35. The highest BCUT2D eigenvalue weighted by Gasteiger charge is 2.11. The van der Waals surface area contributed by atoms with Gasteiger partial charge < -0.3 is 21.3 Å². The standard InChI is InChI=1S/C22H28Cl2N4O2/c23-19-9-3-1-7-17(19)15-25-11-5-13-27-21(29)22(30)28-14-6-12-26-16-18-8-2-4-10-20(18)24/h1-4,7-10,25-26H,5-6,11-16H2,(H,27,29)(H,28,30). The smallest absolute Gasteiger partial charge is 0.309 e. The lowest BCUT2D eigenvalue weighted by molar-refractivity contribution is -0.139. The molecule has 0 radical (unpaired) electrons. The lowest BCUT2D eigenvalue weighted by Gasteiger charge is -2.09. The van der Waals surface area contributed by atoms with Crippen molar-refractivity contribution < 1.29 is 9.59 Å². The van der Waals surface area contributed by atoms with Crippen LogP contribution in [0.2, 0.25) is 10.0 Å². The molecule has 0 aliphatic carbocycles. The summed E-state index contributed by atoms with van der Waals surface area (Å²) in [7, 11) is 0. The maximum absolute atomic E-state index is 11.8. The first kappa shape index (κ1) is 24.2. The largest absolute Gasteiger partial charge is 0.348 e. The van der Waals surface area contributed by atoms with Crippen LogP contribution < -0.4 is 21.3 Å². The molecule has 0 fully saturated rings. The van der Waals surface area contributed by atoms with E-state index in [-0.39, 0.29) is 0 Å². The number of amides is 2. The van der Waals surface area contributed by atoms with Crippen molar-refractivity contribution in [3.8, 4) is 0 Å². The molecule has 0 aromatic heterocycles. The Hall–Kier alpha value is -2.12. The van der Waals surface area contributed by atoms with Crippen molar-refractivity contribution in [2.24, 2.45) is 0 Å². The van der Waals surface area contributed by atoms with Crippen molar-refractivity contribution in [2.75, 3.05) is 26.2 Å². The molecule has 0 aliphatic heterocycles. The van der Waals surface area contributed by atoms with Gasteiger partial charge in [0.15, 0.2) is 0 Å². The molecule has 0 saturated heterocycles. The van der Waals surface area contributed by atoms with Gasteiger partial charge in [-0.25, -0.2) is 0 Å². The highest BCUT2D eigenvalue weighted by atomic mass is 35.5. The summed E-state index contributed by atoms with van der Waals surface area (Å²) >= 11 is 12.2. The van der Waals surface area contributed by atoms with Crippen molar-refractivity contribution in [2.45, 2.75) is 25.9 Å². The summed E-state index contributed by atoms with van der Waals surface area (Å²) in [4.78, 5) is 23.6. The van der Waals surface area contributed by atoms with Crippen molar-refractivity contribution in [3.63, 3.8) is 0 Å². The van der Waals surface area contributed by atoms with Gasteiger partial charge in [-0.1, -0.05) is 59.6 Å². The number of carbonyl (C=O) groups is 2. The third kappa shape index (κ3) is 9.13. The number of carbonyl (C=O) groups excluding carboxylic acids is 2. The Kier molecular flexibility index (Phi) is 11.3. The number of benzene rings is 2. The van der Waals surface area contributed by atoms with E-state index >= 15 is 0 Å². The molecule has 0 aliphatic rings. The minimum atomic E-state index is -0.606. The van der Waals surface area contributed by atoms with Crippen LogP contribution in [0.25, 0.3) is 0 Å². The molecule has 0 atom stereocenters. The van der Waals surface area contributed by atoms with Gasteiger partial charge in [0.25, 0.3) is 0 Å². The summed E-state index contributed by atoms with van der Waals surface area (Å²) < 4.78 is 0. The summed E-state index contributed by atoms with van der Waals surface area (Å²) in [5.74, 6) is -1.21. The van der Waals surface area contributed by atoms with Crippen LogP contribution >= 0.6 is 23.2 Å². The van der Waals surface area contributed by atoms with Crippen LogP contribution in [0.5, 0.6) is 0 Å². The molecule has 30 heavy (non-hydrogen) atoms. The zero-order valence-corrected chi connectivity index (χ0v) is 18.4. The van der Waals surface area contributed by atoms with Gasteiger partial charge in [0.2, 0.25) is 0 Å². The molecule has 6 nitrogen and oxygen atoms in total. The first-order valence-electron chi connectivity index (χ1n) is 10.0. The molecule has 4 N–H and O–H groups in total. The van der Waals surface area contributed by atoms with E-state index in [1.165, 1.54) is 0 Å². The van der Waals surface area contributed by atoms with Crippen molar-refractivity contribution >= 4 is 35.0 Å². The van der Waals surface area contributed by atoms with Crippen molar-refractivity contribution in [3.05, 3.63) is 69.7 Å². The average Bonchev–Trinajstić information content (AvgIpc) is 2.75. The monoisotopic (exact) mass is 450 g/mol. The SMILES string of the molecule is O=C(NCCCNCc1ccccc1Cl)C(=O)NCCCNCc1ccccc1Cl. The van der Waals surface area contributed by atoms with Gasteiger partial charge in [-0.15, -0.1) is 0 Å². The molecule has 0 spiro atoms. The summed E-state index contributed by atoms with van der Waals surface area (Å²) in [5.41, 5.74) is 2.06. The Bertz CT molecular complexity index is 750. The molecule has 8 heteroatoms. The first-order chi connectivity index (χ1) is 14.6. The second-order valence-electron chi connectivity index (χ2n) is 6.76. The Morgan fingerprint density at radius 2 is 1.03 bits per heavy atom. The second-order valence-corrected chi connectivity index (χ2v) is 7.57. The number of nitrogens with one attached hydrogen (secondary N) is 4. The summed E-state index contributed by atoms with van der Waals surface area (Å²) in [6.07, 6.45) is 1.44. The van der Waals surface area contributed by atoms with Gasteiger partial charge >= 0.3 is 11.8 Å². The molecule has 0 saturated carbocycles. The molecule has 2 amide bonds. The zero-order valence-electron chi connectivity index (χ0n) is 16.8. The van der Waals surface area contributed by atoms with Crippen LogP contribution in [0.4, 0.5) is 0 Å². The summed E-state index contributed by atoms with van der Waals surface area (Å²) in [5, 5.41) is 13.2. The van der Waals surface area contributed by atoms with Crippen LogP contribution in [0, 0.1) is 0 Å². The van der Waals surface area contributed by atoms with Crippen LogP contribution in [-0.4, -0.2) is 38.0 Å². The fourth-order valence-electron chi connectivity index (χ4n) is 2.72. The quantitative estimate of drug-likeness (QED) is 0.296. The van der Waals surface area contributed by atoms with Crippen molar-refractivity contribution in [1.82, 2.24) is 21.3 Å². The van der Waals surface area contributed by atoms with Crippen LogP contribution in [0.1, 0.15) is 24.0 Å². The third-order valence-corrected chi connectivity index (χ3v) is 5.12. The van der Waals surface area contributed by atoms with E-state index < -0.39 is 11.8 Å². The molecule has 2 rings (SSSR count). The number of hydrogen-bond donors (Lipinski definition) is 4. The molecule has 0 bridgehead atoms. The molecule has 162 valence electrons. The van der Waals surface area contributed by atoms with E-state index in [4.69, 9.17) is 23.2 Å². The fourth-order valence-corrected chi connectivity index (χ4v) is 3.13. The van der Waals surface area contributed by atoms with Gasteiger partial charge in [-0.05, 0) is 49.2 Å². The summed E-state index contributed by atoms with van der Waals surface area (Å²) in [6, 6.07) is 15.3. The predicted molar refractivity (Wildman–Crippen MR) is 122 cm³/mol. The lowest BCUT2D eigenvalue weighted by Crippen LogP contribution is -2.41. The minimum Gasteiger partial charge on any atom is -0.348 e.